The van der Waals surface area contributed by atoms with Gasteiger partial charge in [0.2, 0.25) is 5.91 Å². The molecule has 2 N–H and O–H groups in total. The highest BCUT2D eigenvalue weighted by Gasteiger charge is 2.39. The van der Waals surface area contributed by atoms with Crippen LogP contribution in [0.3, 0.4) is 0 Å². The number of hydrogen-bond acceptors (Lipinski definition) is 7. The van der Waals surface area contributed by atoms with Crippen LogP contribution in [0, 0.1) is 5.92 Å². The van der Waals surface area contributed by atoms with Crippen LogP contribution in [0.5, 0.6) is 11.5 Å². The lowest BCUT2D eigenvalue weighted by Gasteiger charge is -2.39. The number of ether oxygens (including phenoxy) is 2. The maximum absolute atomic E-state index is 13.6. The van der Waals surface area contributed by atoms with E-state index in [9.17, 15) is 19.5 Å². The van der Waals surface area contributed by atoms with Gasteiger partial charge in [-0.2, -0.15) is 0 Å². The molecule has 0 spiro atoms. The van der Waals surface area contributed by atoms with E-state index in [1.54, 1.807) is 31.6 Å². The minimum absolute atomic E-state index is 0.109. The smallest absolute Gasteiger partial charge is 0.310 e. The number of aliphatic carboxylic acids is 1. The van der Waals surface area contributed by atoms with Gasteiger partial charge in [0.05, 0.1) is 19.6 Å². The third kappa shape index (κ3) is 9.75. The molecule has 1 aromatic heterocycles. The van der Waals surface area contributed by atoms with Crippen LogP contribution in [0.2, 0.25) is 0 Å². The first-order valence-corrected chi connectivity index (χ1v) is 18.1. The molecule has 0 radical (unpaired) electrons. The lowest BCUT2D eigenvalue weighted by atomic mass is 9.85. The van der Waals surface area contributed by atoms with E-state index in [-0.39, 0.29) is 30.8 Å². The summed E-state index contributed by atoms with van der Waals surface area (Å²) < 4.78 is 11.5. The summed E-state index contributed by atoms with van der Waals surface area (Å²) in [5, 5.41) is 12.3. The summed E-state index contributed by atoms with van der Waals surface area (Å²) in [4.78, 5) is 49.2. The molecule has 5 rings (SSSR count). The number of hydrogen-bond donors (Lipinski definition) is 2. The highest BCUT2D eigenvalue weighted by molar-refractivity contribution is 5.98. The second-order valence-electron chi connectivity index (χ2n) is 14.5. The molecule has 3 aromatic carbocycles. The number of unbranched alkanes of at least 4 members (excludes halogenated alkanes) is 4. The zero-order valence-corrected chi connectivity index (χ0v) is 30.9. The molecule has 1 aliphatic rings. The van der Waals surface area contributed by atoms with Gasteiger partial charge in [-0.3, -0.25) is 14.4 Å². The van der Waals surface area contributed by atoms with Crippen molar-refractivity contribution in [3.63, 3.8) is 0 Å². The van der Waals surface area contributed by atoms with Gasteiger partial charge in [-0.05, 0) is 52.8 Å². The van der Waals surface area contributed by atoms with E-state index in [1.807, 2.05) is 54.6 Å². The van der Waals surface area contributed by atoms with E-state index in [1.165, 1.54) is 30.6 Å². The number of nitrogens with one attached hydrogen (secondary N) is 1. The van der Waals surface area contributed by atoms with E-state index >= 15 is 0 Å². The number of rotatable bonds is 16. The summed E-state index contributed by atoms with van der Waals surface area (Å²) in [5.41, 5.74) is 4.65. The topological polar surface area (TPSA) is 131 Å². The highest BCUT2D eigenvalue weighted by atomic mass is 16.5. The Bertz CT molecular complexity index is 1810. The van der Waals surface area contributed by atoms with Crippen molar-refractivity contribution in [1.29, 1.82) is 0 Å². The second kappa shape index (κ2) is 17.3. The lowest BCUT2D eigenvalue weighted by molar-refractivity contribution is -0.153. The Hall–Kier alpha value is -5.25. The monoisotopic (exact) mass is 706 g/mol. The fourth-order valence-corrected chi connectivity index (χ4v) is 6.22. The van der Waals surface area contributed by atoms with Crippen LogP contribution >= 0.6 is 0 Å². The molecule has 10 nitrogen and oxygen atoms in total. The van der Waals surface area contributed by atoms with Gasteiger partial charge in [0.25, 0.3) is 5.91 Å². The number of aromatic nitrogens is 2. The second-order valence-corrected chi connectivity index (χ2v) is 14.5. The van der Waals surface area contributed by atoms with Crippen LogP contribution in [0.25, 0.3) is 22.5 Å². The van der Waals surface area contributed by atoms with E-state index in [4.69, 9.17) is 9.47 Å². The van der Waals surface area contributed by atoms with Crippen molar-refractivity contribution in [3.8, 4) is 34.0 Å². The first kappa shape index (κ1) is 38.0. The van der Waals surface area contributed by atoms with Gasteiger partial charge in [-0.15, -0.1) is 0 Å². The Morgan fingerprint density at radius 2 is 1.54 bits per heavy atom. The molecule has 0 unspecified atom stereocenters. The molecule has 1 atom stereocenters. The van der Waals surface area contributed by atoms with Crippen molar-refractivity contribution in [2.75, 3.05) is 26.8 Å². The third-order valence-electron chi connectivity index (χ3n) is 9.43. The van der Waals surface area contributed by atoms with E-state index in [0.29, 0.717) is 17.1 Å². The molecule has 2 heterocycles. The fourth-order valence-electron chi connectivity index (χ4n) is 6.22. The predicted octanol–water partition coefficient (Wildman–Crippen LogP) is 7.35. The van der Waals surface area contributed by atoms with Gasteiger partial charge in [0.15, 0.2) is 5.82 Å². The van der Waals surface area contributed by atoms with Gasteiger partial charge in [-0.25, -0.2) is 9.97 Å². The van der Waals surface area contributed by atoms with Crippen molar-refractivity contribution in [1.82, 2.24) is 20.2 Å². The fraction of sp³-hybridized carbons (Fsp3) is 0.405. The summed E-state index contributed by atoms with van der Waals surface area (Å²) in [6, 6.07) is 19.9. The molecule has 0 bridgehead atoms. The number of carboxylic acid groups (broad SMARTS) is 1. The first-order valence-electron chi connectivity index (χ1n) is 18.1. The minimum Gasteiger partial charge on any atom is -0.496 e. The number of carbonyl (C=O) groups excluding carboxylic acids is 2. The van der Waals surface area contributed by atoms with Gasteiger partial charge < -0.3 is 24.8 Å². The maximum atomic E-state index is 13.6. The van der Waals surface area contributed by atoms with Crippen molar-refractivity contribution in [3.05, 3.63) is 95.8 Å². The summed E-state index contributed by atoms with van der Waals surface area (Å²) in [6.07, 6.45) is 9.81. The molecule has 2 amide bonds. The zero-order chi connectivity index (χ0) is 37.3. The van der Waals surface area contributed by atoms with Crippen LogP contribution in [-0.4, -0.2) is 70.6 Å². The van der Waals surface area contributed by atoms with Crippen molar-refractivity contribution >= 4 is 17.8 Å². The number of benzene rings is 3. The van der Waals surface area contributed by atoms with Gasteiger partial charge in [0.1, 0.15) is 17.5 Å². The quantitative estimate of drug-likeness (QED) is 0.116. The Morgan fingerprint density at radius 3 is 2.15 bits per heavy atom. The molecule has 4 aromatic rings. The summed E-state index contributed by atoms with van der Waals surface area (Å²) in [7, 11) is 1.57. The maximum Gasteiger partial charge on any atom is 0.310 e. The lowest BCUT2D eigenvalue weighted by Crippen LogP contribution is -2.59. The van der Waals surface area contributed by atoms with Crippen LogP contribution in [0.1, 0.15) is 81.3 Å². The third-order valence-corrected chi connectivity index (χ3v) is 9.43. The number of nitrogens with zero attached hydrogens (tertiary/aromatic N) is 3. The van der Waals surface area contributed by atoms with Gasteiger partial charge in [-0.1, -0.05) is 95.8 Å². The van der Waals surface area contributed by atoms with E-state index < -0.39 is 23.8 Å². The molecular formula is C42H50N4O6. The molecule has 1 saturated heterocycles. The molecule has 274 valence electrons. The summed E-state index contributed by atoms with van der Waals surface area (Å²) in [5.74, 6) is -0.285. The van der Waals surface area contributed by atoms with E-state index in [0.717, 1.165) is 46.6 Å². The average molecular weight is 707 g/mol. The Kier molecular flexibility index (Phi) is 12.6. The van der Waals surface area contributed by atoms with Gasteiger partial charge >= 0.3 is 5.97 Å². The highest BCUT2D eigenvalue weighted by Crippen LogP contribution is 2.32. The van der Waals surface area contributed by atoms with Crippen molar-refractivity contribution in [2.45, 2.75) is 77.7 Å². The van der Waals surface area contributed by atoms with Gasteiger partial charge in [0, 0.05) is 48.6 Å². The largest absolute Gasteiger partial charge is 0.496 e. The summed E-state index contributed by atoms with van der Waals surface area (Å²) in [6.45, 7) is 9.35. The molecule has 1 aliphatic heterocycles. The molecule has 52 heavy (non-hydrogen) atoms. The summed E-state index contributed by atoms with van der Waals surface area (Å²) >= 11 is 0. The Balaban J connectivity index is 1.24. The normalized spacial score (nSPS) is 13.6. The standard InChI is InChI=1S/C42H50N4O6/c1-6-7-8-9-10-21-52-34-18-15-29(16-19-34)32-24-43-38(44-25-32)30-13-11-28(12-14-30)22-36(40(48)46-26-33(27-46)41(49)50)45-39(47)31-17-20-35(42(2,3)4)37(23-31)51-5/h11-20,23-25,33,36H,6-10,21-22,26-27H2,1-5H3,(H,45,47)(H,49,50)/t36-/m0/s1. The number of carboxylic acids is 1. The molecule has 10 heteroatoms. The predicted molar refractivity (Wildman–Crippen MR) is 202 cm³/mol. The molecule has 1 fully saturated rings. The van der Waals surface area contributed by atoms with Crippen molar-refractivity contribution in [2.24, 2.45) is 5.92 Å². The van der Waals surface area contributed by atoms with Crippen molar-refractivity contribution < 1.29 is 29.0 Å². The molecular weight excluding hydrogens is 656 g/mol. The number of carbonyl (C=O) groups is 3. The number of likely N-dealkylation sites (tertiary alicyclic amines) is 1. The van der Waals surface area contributed by atoms with Crippen LogP contribution in [0.15, 0.2) is 79.1 Å². The first-order chi connectivity index (χ1) is 25.0. The van der Waals surface area contributed by atoms with Crippen LogP contribution in [-0.2, 0) is 21.4 Å². The van der Waals surface area contributed by atoms with E-state index in [2.05, 4.69) is 43.0 Å². The number of methoxy groups -OCH3 is 1. The molecule has 0 saturated carbocycles. The Labute approximate surface area is 306 Å². The van der Waals surface area contributed by atoms with Crippen LogP contribution in [0.4, 0.5) is 0 Å². The average Bonchev–Trinajstić information content (AvgIpc) is 3.12. The number of amides is 2. The minimum atomic E-state index is -0.937. The zero-order valence-electron chi connectivity index (χ0n) is 30.9. The Morgan fingerprint density at radius 1 is 0.885 bits per heavy atom. The molecule has 0 aliphatic carbocycles. The SMILES string of the molecule is CCCCCCCOc1ccc(-c2cnc(-c3ccc(C[C@H](NC(=O)c4ccc(C(C)(C)C)c(OC)c4)C(=O)N4CC(C(=O)O)C4)cc3)nc2)cc1. The van der Waals surface area contributed by atoms with Crippen LogP contribution < -0.4 is 14.8 Å².